The van der Waals surface area contributed by atoms with Crippen LogP contribution in [0.3, 0.4) is 0 Å². The Bertz CT molecular complexity index is 1610. The van der Waals surface area contributed by atoms with E-state index in [1.54, 1.807) is 0 Å². The highest BCUT2D eigenvalue weighted by Crippen LogP contribution is 2.43. The van der Waals surface area contributed by atoms with Crippen LogP contribution in [0, 0.1) is 23.2 Å². The van der Waals surface area contributed by atoms with Gasteiger partial charge in [-0.1, -0.05) is 135 Å². The van der Waals surface area contributed by atoms with Crippen LogP contribution in [-0.2, 0) is 32.3 Å². The molecule has 10 nitrogen and oxygen atoms in total. The molecule has 0 radical (unpaired) electrons. The van der Waals surface area contributed by atoms with Gasteiger partial charge in [-0.05, 0) is 110 Å². The van der Waals surface area contributed by atoms with Gasteiger partial charge in [-0.25, -0.2) is 4.79 Å². The second kappa shape index (κ2) is 28.2. The highest BCUT2D eigenvalue weighted by molar-refractivity contribution is 6.74. The quantitative estimate of drug-likeness (QED) is 0.0291. The smallest absolute Gasteiger partial charge is 0.410 e. The molecule has 0 aromatic carbocycles. The maximum Gasteiger partial charge on any atom is 0.410 e. The van der Waals surface area contributed by atoms with Crippen molar-refractivity contribution in [1.82, 2.24) is 9.80 Å². The topological polar surface area (TPSA) is 99.3 Å². The van der Waals surface area contributed by atoms with Crippen LogP contribution >= 0.6 is 0 Å². The first-order chi connectivity index (χ1) is 32.5. The molecule has 2 fully saturated rings. The molecule has 10 unspecified atom stereocenters. The molecule has 0 aromatic heterocycles. The van der Waals surface area contributed by atoms with E-state index in [-0.39, 0.29) is 60.2 Å². The number of amides is 1. The molecular weight excluding hydrogens is 913 g/mol. The number of hydrogen-bond acceptors (Lipinski definition) is 9. The number of rotatable bonds is 25. The fourth-order valence-electron chi connectivity index (χ4n) is 11.2. The SMILES string of the molecule is CCC(O[Si](CC)(CC)CC)C(C)C1OC1CC(C)(/C=C/C=C(\C)C1OC(=O)CC(O[Si](CC)(CC)CC)CCC(C)C(OC(=O)N2CCN(CC(C)(C)C)CC2)/C=C/C1C)O[Si](CC)(CC)CC. The summed E-state index contributed by atoms with van der Waals surface area (Å²) < 4.78 is 41.0. The van der Waals surface area contributed by atoms with Crippen LogP contribution in [-0.4, -0.2) is 122 Å². The average molecular weight is 1020 g/mol. The van der Waals surface area contributed by atoms with E-state index < -0.39 is 42.8 Å². The van der Waals surface area contributed by atoms with Crippen molar-refractivity contribution in [3.8, 4) is 0 Å². The van der Waals surface area contributed by atoms with E-state index >= 15 is 0 Å². The summed E-state index contributed by atoms with van der Waals surface area (Å²) in [6, 6.07) is 9.61. The van der Waals surface area contributed by atoms with E-state index in [1.165, 1.54) is 0 Å². The molecule has 13 heteroatoms. The third kappa shape index (κ3) is 18.4. The molecule has 0 N–H and O–H groups in total. The third-order valence-electron chi connectivity index (χ3n) is 16.9. The van der Waals surface area contributed by atoms with E-state index in [0.717, 1.165) is 98.9 Å². The predicted molar refractivity (Wildman–Crippen MR) is 295 cm³/mol. The monoisotopic (exact) mass is 1020 g/mol. The van der Waals surface area contributed by atoms with Crippen LogP contribution < -0.4 is 0 Å². The summed E-state index contributed by atoms with van der Waals surface area (Å²) in [6.07, 6.45) is 13.0. The lowest BCUT2D eigenvalue weighted by molar-refractivity contribution is -0.150. The maximum atomic E-state index is 14.1. The molecule has 0 spiro atoms. The first-order valence-electron chi connectivity index (χ1n) is 28.1. The minimum atomic E-state index is -2.05. The second-order valence-corrected chi connectivity index (χ2v) is 37.1. The lowest BCUT2D eigenvalue weighted by Crippen LogP contribution is -2.51. The largest absolute Gasteiger partial charge is 0.457 e. The molecule has 69 heavy (non-hydrogen) atoms. The Morgan fingerprint density at radius 3 is 1.90 bits per heavy atom. The Hall–Kier alpha value is -1.59. The number of carbonyl (C=O) groups is 2. The number of hydrogen-bond donors (Lipinski definition) is 0. The van der Waals surface area contributed by atoms with Gasteiger partial charge in [-0.3, -0.25) is 9.69 Å². The van der Waals surface area contributed by atoms with Crippen molar-refractivity contribution in [2.75, 3.05) is 32.7 Å². The minimum Gasteiger partial charge on any atom is -0.457 e. The number of esters is 1. The summed E-state index contributed by atoms with van der Waals surface area (Å²) in [5.41, 5.74) is 0.608. The Morgan fingerprint density at radius 2 is 1.38 bits per heavy atom. The highest BCUT2D eigenvalue weighted by atomic mass is 28.4. The molecule has 400 valence electrons. The lowest BCUT2D eigenvalue weighted by atomic mass is 9.91. The number of piperazine rings is 1. The van der Waals surface area contributed by atoms with Crippen molar-refractivity contribution >= 4 is 37.0 Å². The molecule has 3 aliphatic heterocycles. The molecule has 1 amide bonds. The number of allylic oxidation sites excluding steroid dienone is 2. The number of carbonyl (C=O) groups excluding carboxylic acids is 2. The van der Waals surface area contributed by atoms with Gasteiger partial charge in [-0.15, -0.1) is 0 Å². The van der Waals surface area contributed by atoms with Crippen LogP contribution in [0.4, 0.5) is 4.79 Å². The second-order valence-electron chi connectivity index (χ2n) is 23.0. The van der Waals surface area contributed by atoms with Gasteiger partial charge in [-0.2, -0.15) is 0 Å². The Kier molecular flexibility index (Phi) is 25.2. The molecule has 0 aromatic rings. The van der Waals surface area contributed by atoms with Gasteiger partial charge in [0.1, 0.15) is 12.2 Å². The molecule has 3 heterocycles. The van der Waals surface area contributed by atoms with Gasteiger partial charge in [0, 0.05) is 57.1 Å². The molecule has 10 atom stereocenters. The number of cyclic esters (lactones) is 1. The Labute approximate surface area is 427 Å². The van der Waals surface area contributed by atoms with E-state index in [9.17, 15) is 9.59 Å². The van der Waals surface area contributed by atoms with Crippen LogP contribution in [0.5, 0.6) is 0 Å². The van der Waals surface area contributed by atoms with Crippen LogP contribution in [0.2, 0.25) is 54.4 Å². The van der Waals surface area contributed by atoms with Crippen molar-refractivity contribution in [2.45, 2.75) is 253 Å². The summed E-state index contributed by atoms with van der Waals surface area (Å²) in [4.78, 5) is 32.3. The fourth-order valence-corrected chi connectivity index (χ4v) is 20.2. The first-order valence-corrected chi connectivity index (χ1v) is 35.7. The van der Waals surface area contributed by atoms with Crippen molar-refractivity contribution in [3.63, 3.8) is 0 Å². The summed E-state index contributed by atoms with van der Waals surface area (Å²) in [5, 5.41) is 0. The summed E-state index contributed by atoms with van der Waals surface area (Å²) in [6.45, 7) is 44.4. The first kappa shape index (κ1) is 61.7. The number of ether oxygens (including phenoxy) is 3. The van der Waals surface area contributed by atoms with E-state index in [1.807, 2.05) is 4.90 Å². The van der Waals surface area contributed by atoms with Gasteiger partial charge in [0.25, 0.3) is 0 Å². The molecule has 3 rings (SSSR count). The molecule has 0 bridgehead atoms. The standard InChI is InChI=1S/C56H106N2O8Si3/c1-19-48(65-68(23-5,24-6)25-7)46(14)53-50(61-53)41-56(18,66-69(26-8,27-9)28-10)35-29-30-44(12)52-45(13)32-34-49(62-54(60)58-38-36-57(37-39-58)42-55(15,16)17)43(11)31-33-47(40-51(59)63-52)64-67(20-2,21-3)22-4/h29-30,32,34-35,43,45-50,52-53H,19-28,31,33,36-42H2,1-18H3/b34-32+,35-29+,44-30+. The Morgan fingerprint density at radius 1 is 0.812 bits per heavy atom. The van der Waals surface area contributed by atoms with Crippen molar-refractivity contribution in [1.29, 1.82) is 0 Å². The normalized spacial score (nSPS) is 27.5. The third-order valence-corrected chi connectivity index (χ3v) is 31.0. The van der Waals surface area contributed by atoms with E-state index in [2.05, 4.69) is 160 Å². The van der Waals surface area contributed by atoms with Crippen LogP contribution in [0.15, 0.2) is 36.0 Å². The van der Waals surface area contributed by atoms with Crippen molar-refractivity contribution in [2.24, 2.45) is 23.2 Å². The van der Waals surface area contributed by atoms with Crippen LogP contribution in [0.25, 0.3) is 0 Å². The zero-order valence-corrected chi connectivity index (χ0v) is 50.7. The van der Waals surface area contributed by atoms with Gasteiger partial charge >= 0.3 is 12.1 Å². The van der Waals surface area contributed by atoms with Crippen LogP contribution in [0.1, 0.15) is 157 Å². The minimum absolute atomic E-state index is 0.0284. The molecule has 0 aliphatic carbocycles. The maximum absolute atomic E-state index is 14.1. The average Bonchev–Trinajstić information content (AvgIpc) is 4.10. The fraction of sp³-hybridized carbons (Fsp3) is 0.857. The molecule has 0 saturated carbocycles. The summed E-state index contributed by atoms with van der Waals surface area (Å²) >= 11 is 0. The Balaban J connectivity index is 1.97. The summed E-state index contributed by atoms with van der Waals surface area (Å²) in [7, 11) is -5.85. The van der Waals surface area contributed by atoms with Gasteiger partial charge in [0.05, 0.1) is 30.3 Å². The predicted octanol–water partition coefficient (Wildman–Crippen LogP) is 14.3. The van der Waals surface area contributed by atoms with Crippen molar-refractivity contribution in [3.05, 3.63) is 36.0 Å². The zero-order chi connectivity index (χ0) is 51.8. The van der Waals surface area contributed by atoms with Gasteiger partial charge in [0.15, 0.2) is 25.0 Å². The van der Waals surface area contributed by atoms with E-state index in [0.29, 0.717) is 25.4 Å². The molecule has 2 saturated heterocycles. The van der Waals surface area contributed by atoms with Gasteiger partial charge in [0.2, 0.25) is 0 Å². The summed E-state index contributed by atoms with van der Waals surface area (Å²) in [5.74, 6) is -0.0842. The van der Waals surface area contributed by atoms with Crippen molar-refractivity contribution < 1.29 is 37.1 Å². The number of nitrogens with zero attached hydrogens (tertiary/aromatic N) is 2. The zero-order valence-electron chi connectivity index (χ0n) is 47.7. The molecular formula is C56H106N2O8Si3. The molecule has 3 aliphatic rings. The number of epoxide rings is 1. The lowest BCUT2D eigenvalue weighted by Gasteiger charge is -2.39. The van der Waals surface area contributed by atoms with Gasteiger partial charge < -0.3 is 32.4 Å². The highest BCUT2D eigenvalue weighted by Gasteiger charge is 2.51. The van der Waals surface area contributed by atoms with E-state index in [4.69, 9.17) is 27.5 Å².